The summed E-state index contributed by atoms with van der Waals surface area (Å²) < 4.78 is 24.4. The van der Waals surface area contributed by atoms with E-state index in [1.807, 2.05) is 13.8 Å². The van der Waals surface area contributed by atoms with E-state index in [9.17, 15) is 19.1 Å². The number of halogens is 1. The molecule has 33 heavy (non-hydrogen) atoms. The minimum Gasteiger partial charge on any atom is -0.507 e. The molecule has 1 heterocycles. The van der Waals surface area contributed by atoms with E-state index in [0.717, 1.165) is 13.1 Å². The van der Waals surface area contributed by atoms with Crippen molar-refractivity contribution in [2.75, 3.05) is 40.4 Å². The molecule has 0 spiro atoms. The summed E-state index contributed by atoms with van der Waals surface area (Å²) >= 11 is 0. The van der Waals surface area contributed by atoms with Gasteiger partial charge >= 0.3 is 0 Å². The second-order valence-corrected chi connectivity index (χ2v) is 7.61. The number of rotatable bonds is 9. The Bertz CT molecular complexity index is 1050. The third-order valence-corrected chi connectivity index (χ3v) is 5.94. The number of aliphatic hydroxyl groups is 1. The highest BCUT2D eigenvalue weighted by Crippen LogP contribution is 2.45. The third kappa shape index (κ3) is 4.71. The van der Waals surface area contributed by atoms with Gasteiger partial charge in [0, 0.05) is 24.2 Å². The summed E-state index contributed by atoms with van der Waals surface area (Å²) in [4.78, 5) is 29.9. The number of hydrogen-bond donors (Lipinski definition) is 1. The minimum atomic E-state index is -0.893. The van der Waals surface area contributed by atoms with E-state index in [2.05, 4.69) is 4.90 Å². The fourth-order valence-electron chi connectivity index (χ4n) is 4.11. The summed E-state index contributed by atoms with van der Waals surface area (Å²) in [5.41, 5.74) is 0.682. The predicted octanol–water partition coefficient (Wildman–Crippen LogP) is 3.61. The maximum atomic E-state index is 13.4. The second kappa shape index (κ2) is 10.5. The lowest BCUT2D eigenvalue weighted by Gasteiger charge is -2.29. The highest BCUT2D eigenvalue weighted by Gasteiger charge is 2.47. The first kappa shape index (κ1) is 24.3. The second-order valence-electron chi connectivity index (χ2n) is 7.61. The van der Waals surface area contributed by atoms with Gasteiger partial charge in [0.25, 0.3) is 11.7 Å². The van der Waals surface area contributed by atoms with E-state index in [0.29, 0.717) is 23.6 Å². The van der Waals surface area contributed by atoms with Crippen LogP contribution in [-0.2, 0) is 9.59 Å². The van der Waals surface area contributed by atoms with Crippen LogP contribution in [0.5, 0.6) is 11.5 Å². The number of para-hydroxylation sites is 1. The minimum absolute atomic E-state index is 0.0716. The average molecular weight is 457 g/mol. The number of Topliss-reactive ketones (excluding diaryl/α,β-unsaturated/α-hetero) is 1. The van der Waals surface area contributed by atoms with Gasteiger partial charge in [0.1, 0.15) is 11.6 Å². The van der Waals surface area contributed by atoms with Crippen molar-refractivity contribution in [3.63, 3.8) is 0 Å². The lowest BCUT2D eigenvalue weighted by atomic mass is 9.94. The van der Waals surface area contributed by atoms with Crippen LogP contribution in [0.4, 0.5) is 4.39 Å². The zero-order valence-electron chi connectivity index (χ0n) is 19.3. The van der Waals surface area contributed by atoms with Gasteiger partial charge in [-0.15, -0.1) is 0 Å². The van der Waals surface area contributed by atoms with Crippen LogP contribution in [0.1, 0.15) is 31.0 Å². The normalized spacial score (nSPS) is 17.6. The molecular weight excluding hydrogens is 427 g/mol. The summed E-state index contributed by atoms with van der Waals surface area (Å²) in [6, 6.07) is 9.40. The molecule has 1 fully saturated rings. The van der Waals surface area contributed by atoms with Crippen molar-refractivity contribution in [3.8, 4) is 11.5 Å². The Labute approximate surface area is 193 Å². The molecular formula is C25H29FN2O5. The van der Waals surface area contributed by atoms with Crippen LogP contribution in [0.25, 0.3) is 5.76 Å². The van der Waals surface area contributed by atoms with E-state index in [-0.39, 0.29) is 23.4 Å². The van der Waals surface area contributed by atoms with Gasteiger partial charge < -0.3 is 24.4 Å². The maximum Gasteiger partial charge on any atom is 0.295 e. The van der Waals surface area contributed by atoms with Crippen LogP contribution in [0, 0.1) is 5.82 Å². The van der Waals surface area contributed by atoms with E-state index in [1.54, 1.807) is 18.2 Å². The number of benzene rings is 2. The van der Waals surface area contributed by atoms with Gasteiger partial charge in [0.2, 0.25) is 0 Å². The van der Waals surface area contributed by atoms with Gasteiger partial charge in [-0.3, -0.25) is 9.59 Å². The van der Waals surface area contributed by atoms with Crippen LogP contribution in [0.3, 0.4) is 0 Å². The van der Waals surface area contributed by atoms with E-state index < -0.39 is 23.5 Å². The molecule has 1 atom stereocenters. The Morgan fingerprint density at radius 3 is 2.30 bits per heavy atom. The molecule has 0 aromatic heterocycles. The zero-order chi connectivity index (χ0) is 24.1. The van der Waals surface area contributed by atoms with Crippen molar-refractivity contribution >= 4 is 17.4 Å². The van der Waals surface area contributed by atoms with E-state index >= 15 is 0 Å². The van der Waals surface area contributed by atoms with Crippen molar-refractivity contribution in [1.82, 2.24) is 9.80 Å². The molecule has 176 valence electrons. The van der Waals surface area contributed by atoms with Crippen molar-refractivity contribution in [2.24, 2.45) is 0 Å². The average Bonchev–Trinajstić information content (AvgIpc) is 3.08. The summed E-state index contributed by atoms with van der Waals surface area (Å²) in [6.45, 7) is 6.46. The lowest BCUT2D eigenvalue weighted by molar-refractivity contribution is -0.140. The van der Waals surface area contributed by atoms with Crippen LogP contribution in [-0.4, -0.2) is 67.0 Å². The zero-order valence-corrected chi connectivity index (χ0v) is 19.3. The number of ketones is 1. The molecule has 0 saturated carbocycles. The highest BCUT2D eigenvalue weighted by molar-refractivity contribution is 6.46. The first-order chi connectivity index (χ1) is 15.9. The van der Waals surface area contributed by atoms with Crippen molar-refractivity contribution in [2.45, 2.75) is 19.9 Å². The van der Waals surface area contributed by atoms with Crippen LogP contribution < -0.4 is 9.47 Å². The molecule has 1 amide bonds. The SMILES string of the molecule is CCN(CC)CCN1C(=O)C(=O)/C(=C(\O)c2ccc(F)cc2)C1c1cccc(OC)c1OC. The topological polar surface area (TPSA) is 79.3 Å². The number of methoxy groups -OCH3 is 2. The number of likely N-dealkylation sites (N-methyl/N-ethyl adjacent to an activating group) is 1. The lowest BCUT2D eigenvalue weighted by Crippen LogP contribution is -2.38. The van der Waals surface area contributed by atoms with E-state index in [4.69, 9.17) is 9.47 Å². The number of nitrogens with zero attached hydrogens (tertiary/aromatic N) is 2. The predicted molar refractivity (Wildman–Crippen MR) is 123 cm³/mol. The van der Waals surface area contributed by atoms with Gasteiger partial charge in [-0.2, -0.15) is 0 Å². The van der Waals surface area contributed by atoms with Crippen molar-refractivity contribution < 1.29 is 28.6 Å². The number of aliphatic hydroxyl groups excluding tert-OH is 1. The summed E-state index contributed by atoms with van der Waals surface area (Å²) in [7, 11) is 2.97. The molecule has 0 radical (unpaired) electrons. The van der Waals surface area contributed by atoms with Crippen molar-refractivity contribution in [1.29, 1.82) is 0 Å². The molecule has 1 N–H and O–H groups in total. The number of likely N-dealkylation sites (tertiary alicyclic amines) is 1. The summed E-state index contributed by atoms with van der Waals surface area (Å²) in [5, 5.41) is 11.1. The third-order valence-electron chi connectivity index (χ3n) is 5.94. The van der Waals surface area contributed by atoms with Gasteiger partial charge in [-0.05, 0) is 43.4 Å². The van der Waals surface area contributed by atoms with Crippen LogP contribution >= 0.6 is 0 Å². The Balaban J connectivity index is 2.19. The molecule has 1 aliphatic heterocycles. The molecule has 0 bridgehead atoms. The van der Waals surface area contributed by atoms with Gasteiger partial charge in [0.05, 0.1) is 25.8 Å². The molecule has 0 aliphatic carbocycles. The molecule has 8 heteroatoms. The molecule has 3 rings (SSSR count). The molecule has 2 aromatic carbocycles. The maximum absolute atomic E-state index is 13.4. The number of hydrogen-bond acceptors (Lipinski definition) is 6. The Kier molecular flexibility index (Phi) is 7.71. The molecule has 1 saturated heterocycles. The monoisotopic (exact) mass is 456 g/mol. The first-order valence-corrected chi connectivity index (χ1v) is 10.8. The largest absolute Gasteiger partial charge is 0.507 e. The summed E-state index contributed by atoms with van der Waals surface area (Å²) in [6.07, 6.45) is 0. The van der Waals surface area contributed by atoms with Gasteiger partial charge in [0.15, 0.2) is 11.5 Å². The Hall–Kier alpha value is -3.39. The Morgan fingerprint density at radius 2 is 1.73 bits per heavy atom. The van der Waals surface area contributed by atoms with Gasteiger partial charge in [-0.25, -0.2) is 4.39 Å². The molecule has 1 unspecified atom stereocenters. The fourth-order valence-corrected chi connectivity index (χ4v) is 4.11. The number of ether oxygens (including phenoxy) is 2. The van der Waals surface area contributed by atoms with E-state index in [1.165, 1.54) is 43.4 Å². The highest BCUT2D eigenvalue weighted by atomic mass is 19.1. The number of carbonyl (C=O) groups is 2. The molecule has 2 aromatic rings. The quantitative estimate of drug-likeness (QED) is 0.353. The smallest absolute Gasteiger partial charge is 0.295 e. The number of amides is 1. The van der Waals surface area contributed by atoms with Crippen molar-refractivity contribution in [3.05, 3.63) is 65.0 Å². The molecule has 1 aliphatic rings. The Morgan fingerprint density at radius 1 is 1.06 bits per heavy atom. The van der Waals surface area contributed by atoms with Crippen LogP contribution in [0.2, 0.25) is 0 Å². The van der Waals surface area contributed by atoms with Crippen LogP contribution in [0.15, 0.2) is 48.0 Å². The number of carbonyl (C=O) groups excluding carboxylic acids is 2. The molecule has 7 nitrogen and oxygen atoms in total. The fraction of sp³-hybridized carbons (Fsp3) is 0.360. The summed E-state index contributed by atoms with van der Waals surface area (Å²) in [5.74, 6) is -1.55. The standard InChI is InChI=1S/C25H29FN2O5/c1-5-27(6-2)14-15-28-21(18-8-7-9-19(32-3)24(18)33-4)20(23(30)25(28)31)22(29)16-10-12-17(26)13-11-16/h7-13,21,29H,5-6,14-15H2,1-4H3/b22-20-. The van der Waals surface area contributed by atoms with Gasteiger partial charge in [-0.1, -0.05) is 26.0 Å². The first-order valence-electron chi connectivity index (χ1n) is 10.8.